The summed E-state index contributed by atoms with van der Waals surface area (Å²) in [6, 6.07) is 0. The fourth-order valence-corrected chi connectivity index (χ4v) is 8.71. The third-order valence-corrected chi connectivity index (χ3v) is 10.4. The molecule has 1 spiro atoms. The summed E-state index contributed by atoms with van der Waals surface area (Å²) in [4.78, 5) is 11.9. The molecule has 1 nitrogen and oxygen atoms in total. The molecule has 0 bridgehead atoms. The number of thioether (sulfide) groups is 1. The fourth-order valence-electron chi connectivity index (χ4n) is 7.21. The van der Waals surface area contributed by atoms with Crippen molar-refractivity contribution >= 4 is 17.5 Å². The molecule has 1 heterocycles. The lowest BCUT2D eigenvalue weighted by molar-refractivity contribution is -0.117. The van der Waals surface area contributed by atoms with Gasteiger partial charge in [-0.25, -0.2) is 0 Å². The Hall–Kier alpha value is -0.240. The maximum Gasteiger partial charge on any atom is 0.155 e. The van der Waals surface area contributed by atoms with Crippen LogP contribution >= 0.6 is 11.8 Å². The standard InChI is InChI=1S/C20H28OS/c1-18-8-5-14(21)11-13(18)3-4-15-16(18)6-9-19(2)17(15)7-10-20(19)12-22-20/h11,15-17H,3-10,12H2,1-2H3/t15-,16+,17+,18+,19+,20+/m1/s1. The molecule has 1 aliphatic heterocycles. The normalized spacial score (nSPS) is 56.2. The van der Waals surface area contributed by atoms with E-state index in [9.17, 15) is 4.79 Å². The Bertz CT molecular complexity index is 574. The second-order valence-electron chi connectivity index (χ2n) is 9.25. The van der Waals surface area contributed by atoms with E-state index in [1.165, 1.54) is 49.9 Å². The van der Waals surface area contributed by atoms with E-state index in [0.717, 1.165) is 30.6 Å². The van der Waals surface area contributed by atoms with Crippen LogP contribution in [0.15, 0.2) is 11.6 Å². The number of allylic oxidation sites excluding steroid dienone is 1. The highest BCUT2D eigenvalue weighted by atomic mass is 32.2. The van der Waals surface area contributed by atoms with Crippen molar-refractivity contribution in [1.29, 1.82) is 0 Å². The second kappa shape index (κ2) is 4.23. The van der Waals surface area contributed by atoms with E-state index in [0.29, 0.717) is 21.4 Å². The maximum atomic E-state index is 11.9. The molecule has 0 amide bonds. The molecule has 0 N–H and O–H groups in total. The average Bonchev–Trinajstić information content (AvgIpc) is 3.22. The van der Waals surface area contributed by atoms with Gasteiger partial charge in [-0.15, -0.1) is 0 Å². The molecule has 4 aliphatic carbocycles. The molecule has 3 saturated carbocycles. The maximum absolute atomic E-state index is 11.9. The Balaban J connectivity index is 1.51. The zero-order chi connectivity index (χ0) is 15.2. The molecule has 5 aliphatic rings. The van der Waals surface area contributed by atoms with Gasteiger partial charge in [-0.05, 0) is 79.6 Å². The van der Waals surface area contributed by atoms with Gasteiger partial charge in [0.2, 0.25) is 0 Å². The van der Waals surface area contributed by atoms with E-state index in [-0.39, 0.29) is 0 Å². The topological polar surface area (TPSA) is 17.1 Å². The van der Waals surface area contributed by atoms with Crippen molar-refractivity contribution in [2.75, 3.05) is 5.75 Å². The first-order valence-electron chi connectivity index (χ1n) is 9.36. The van der Waals surface area contributed by atoms with E-state index < -0.39 is 0 Å². The van der Waals surface area contributed by atoms with Crippen molar-refractivity contribution in [3.8, 4) is 0 Å². The highest BCUT2D eigenvalue weighted by Gasteiger charge is 2.68. The number of carbonyl (C=O) groups excluding carboxylic acids is 1. The minimum absolute atomic E-state index is 0.352. The number of rotatable bonds is 0. The highest BCUT2D eigenvalue weighted by molar-refractivity contribution is 8.08. The summed E-state index contributed by atoms with van der Waals surface area (Å²) in [5.74, 6) is 4.60. The van der Waals surface area contributed by atoms with Gasteiger partial charge in [-0.1, -0.05) is 19.4 Å². The van der Waals surface area contributed by atoms with Crippen molar-refractivity contribution in [2.24, 2.45) is 28.6 Å². The third kappa shape index (κ3) is 1.56. The first kappa shape index (κ1) is 14.1. The van der Waals surface area contributed by atoms with E-state index in [1.54, 1.807) is 0 Å². The summed E-state index contributed by atoms with van der Waals surface area (Å²) in [5.41, 5.74) is 2.49. The molecule has 0 aromatic carbocycles. The van der Waals surface area contributed by atoms with Crippen LogP contribution in [-0.4, -0.2) is 16.3 Å². The predicted octanol–water partition coefficient (Wildman–Crippen LogP) is 5.00. The molecule has 0 unspecified atom stereocenters. The van der Waals surface area contributed by atoms with E-state index in [2.05, 4.69) is 25.6 Å². The molecular weight excluding hydrogens is 288 g/mol. The lowest BCUT2D eigenvalue weighted by Crippen LogP contribution is -2.51. The number of carbonyl (C=O) groups is 1. The van der Waals surface area contributed by atoms with Gasteiger partial charge < -0.3 is 0 Å². The lowest BCUT2D eigenvalue weighted by Gasteiger charge is -2.58. The number of hydrogen-bond donors (Lipinski definition) is 0. The van der Waals surface area contributed by atoms with Crippen LogP contribution < -0.4 is 0 Å². The molecule has 2 heteroatoms. The highest BCUT2D eigenvalue weighted by Crippen LogP contribution is 2.75. The Kier molecular flexibility index (Phi) is 2.72. The minimum atomic E-state index is 0.352. The van der Waals surface area contributed by atoms with Crippen LogP contribution in [0.5, 0.6) is 0 Å². The smallest absolute Gasteiger partial charge is 0.155 e. The van der Waals surface area contributed by atoms with E-state index in [4.69, 9.17) is 0 Å². The van der Waals surface area contributed by atoms with Crippen molar-refractivity contribution in [3.63, 3.8) is 0 Å². The SMILES string of the molecule is C[C@]12CCC(=O)C=C1CC[C@@H]1[C@@H]2CC[C@@]2(C)[C@H]1CC[C@]21CS1. The Labute approximate surface area is 138 Å². The molecular formula is C20H28OS. The van der Waals surface area contributed by atoms with E-state index >= 15 is 0 Å². The van der Waals surface area contributed by atoms with Crippen molar-refractivity contribution in [3.05, 3.63) is 11.6 Å². The summed E-state index contributed by atoms with van der Waals surface area (Å²) in [6.45, 7) is 5.14. The average molecular weight is 317 g/mol. The van der Waals surface area contributed by atoms with Crippen LogP contribution in [0.25, 0.3) is 0 Å². The summed E-state index contributed by atoms with van der Waals surface area (Å²) in [5, 5.41) is 0. The lowest BCUT2D eigenvalue weighted by atomic mass is 9.47. The van der Waals surface area contributed by atoms with Crippen molar-refractivity contribution in [1.82, 2.24) is 0 Å². The molecule has 4 fully saturated rings. The van der Waals surface area contributed by atoms with Gasteiger partial charge in [0, 0.05) is 16.9 Å². The van der Waals surface area contributed by atoms with Crippen molar-refractivity contribution < 1.29 is 4.79 Å². The molecule has 6 atom stereocenters. The number of ketones is 1. The van der Waals surface area contributed by atoms with Crippen LogP contribution in [0.1, 0.15) is 65.2 Å². The zero-order valence-electron chi connectivity index (χ0n) is 14.0. The second-order valence-corrected chi connectivity index (χ2v) is 10.6. The first-order chi connectivity index (χ1) is 10.5. The molecule has 5 rings (SSSR count). The van der Waals surface area contributed by atoms with E-state index in [1.807, 2.05) is 6.08 Å². The van der Waals surface area contributed by atoms with Gasteiger partial charge in [0.15, 0.2) is 5.78 Å². The van der Waals surface area contributed by atoms with Crippen LogP contribution in [0.2, 0.25) is 0 Å². The first-order valence-corrected chi connectivity index (χ1v) is 10.3. The molecule has 0 aromatic heterocycles. The van der Waals surface area contributed by atoms with Gasteiger partial charge in [0.1, 0.15) is 0 Å². The Morgan fingerprint density at radius 2 is 1.82 bits per heavy atom. The van der Waals surface area contributed by atoms with Gasteiger partial charge in [0.05, 0.1) is 0 Å². The number of fused-ring (bicyclic) bond motifs is 6. The zero-order valence-corrected chi connectivity index (χ0v) is 14.8. The van der Waals surface area contributed by atoms with Gasteiger partial charge in [-0.2, -0.15) is 11.8 Å². The van der Waals surface area contributed by atoms with Gasteiger partial charge in [0.25, 0.3) is 0 Å². The molecule has 0 radical (unpaired) electrons. The fraction of sp³-hybridized carbons (Fsp3) is 0.850. The van der Waals surface area contributed by atoms with Crippen LogP contribution in [0, 0.1) is 28.6 Å². The van der Waals surface area contributed by atoms with Crippen LogP contribution in [0.3, 0.4) is 0 Å². The third-order valence-electron chi connectivity index (χ3n) is 8.74. The van der Waals surface area contributed by atoms with Crippen molar-refractivity contribution in [2.45, 2.75) is 70.0 Å². The molecule has 120 valence electrons. The number of hydrogen-bond acceptors (Lipinski definition) is 2. The molecule has 0 aromatic rings. The molecule has 22 heavy (non-hydrogen) atoms. The summed E-state index contributed by atoms with van der Waals surface area (Å²) in [7, 11) is 0. The van der Waals surface area contributed by atoms with Gasteiger partial charge in [-0.3, -0.25) is 4.79 Å². The Morgan fingerprint density at radius 3 is 2.59 bits per heavy atom. The monoisotopic (exact) mass is 316 g/mol. The Morgan fingerprint density at radius 1 is 1.05 bits per heavy atom. The quantitative estimate of drug-likeness (QED) is 0.585. The predicted molar refractivity (Wildman–Crippen MR) is 91.9 cm³/mol. The summed E-state index contributed by atoms with van der Waals surface area (Å²) in [6.07, 6.45) is 12.4. The largest absolute Gasteiger partial charge is 0.295 e. The van der Waals surface area contributed by atoms with Crippen LogP contribution in [-0.2, 0) is 4.79 Å². The summed E-state index contributed by atoms with van der Waals surface area (Å²) >= 11 is 2.27. The molecule has 1 saturated heterocycles. The minimum Gasteiger partial charge on any atom is -0.295 e. The van der Waals surface area contributed by atoms with Gasteiger partial charge >= 0.3 is 0 Å². The summed E-state index contributed by atoms with van der Waals surface area (Å²) < 4.78 is 0.683. The van der Waals surface area contributed by atoms with Crippen LogP contribution in [0.4, 0.5) is 0 Å².